The highest BCUT2D eigenvalue weighted by Crippen LogP contribution is 2.49. The van der Waals surface area contributed by atoms with Crippen LogP contribution in [-0.4, -0.2) is 57.4 Å². The number of aromatic nitrogens is 1. The van der Waals surface area contributed by atoms with E-state index in [1.54, 1.807) is 13.1 Å². The third-order valence-corrected chi connectivity index (χ3v) is 10.4. The van der Waals surface area contributed by atoms with Gasteiger partial charge in [-0.2, -0.15) is 0 Å². The van der Waals surface area contributed by atoms with Crippen LogP contribution in [0.4, 0.5) is 15.4 Å². The van der Waals surface area contributed by atoms with E-state index in [0.717, 1.165) is 59.1 Å². The first kappa shape index (κ1) is 38.5. The highest BCUT2D eigenvalue weighted by Gasteiger charge is 2.53. The number of ether oxygens (including phenoxy) is 2. The van der Waals surface area contributed by atoms with Crippen molar-refractivity contribution < 1.29 is 29.0 Å². The highest BCUT2D eigenvalue weighted by atomic mass is 16.6. The Kier molecular flexibility index (Phi) is 11.4. The molecule has 2 aliphatic rings. The predicted molar refractivity (Wildman–Crippen MR) is 209 cm³/mol. The molecular formula is C44H52N4O6. The van der Waals surface area contributed by atoms with Gasteiger partial charge in [0.1, 0.15) is 11.4 Å². The van der Waals surface area contributed by atoms with E-state index in [1.165, 1.54) is 7.11 Å². The smallest absolute Gasteiger partial charge is 0.410 e. The maximum Gasteiger partial charge on any atom is 0.410 e. The molecule has 0 unspecified atom stereocenters. The molecule has 3 N–H and O–H groups in total. The molecule has 2 saturated carbocycles. The number of pyridine rings is 1. The normalized spacial score (nSPS) is 22.3. The van der Waals surface area contributed by atoms with Gasteiger partial charge in [0.25, 0.3) is 0 Å². The number of alkyl carbamates (subject to hydrolysis) is 1. The maximum atomic E-state index is 13.4. The van der Waals surface area contributed by atoms with Gasteiger partial charge in [0.05, 0.1) is 18.2 Å². The second kappa shape index (κ2) is 16.0. The van der Waals surface area contributed by atoms with E-state index < -0.39 is 22.8 Å². The molecule has 0 atom stereocenters. The van der Waals surface area contributed by atoms with E-state index in [4.69, 9.17) is 9.47 Å². The van der Waals surface area contributed by atoms with Gasteiger partial charge in [-0.3, -0.25) is 4.79 Å². The van der Waals surface area contributed by atoms with Crippen molar-refractivity contribution in [3.05, 3.63) is 108 Å². The van der Waals surface area contributed by atoms with Gasteiger partial charge < -0.3 is 30.1 Å². The Morgan fingerprint density at radius 2 is 1.48 bits per heavy atom. The van der Waals surface area contributed by atoms with Crippen LogP contribution < -0.4 is 10.6 Å². The summed E-state index contributed by atoms with van der Waals surface area (Å²) in [5.41, 5.74) is 3.36. The fourth-order valence-electron chi connectivity index (χ4n) is 8.05. The van der Waals surface area contributed by atoms with Gasteiger partial charge in [0.2, 0.25) is 5.91 Å². The van der Waals surface area contributed by atoms with Crippen LogP contribution in [0.15, 0.2) is 97.2 Å². The number of carbonyl (C=O) groups is 3. The van der Waals surface area contributed by atoms with Crippen molar-refractivity contribution in [2.75, 3.05) is 12.4 Å². The number of nitrogens with zero attached hydrogens (tertiary/aromatic N) is 2. The van der Waals surface area contributed by atoms with Crippen molar-refractivity contribution in [2.24, 2.45) is 5.92 Å². The van der Waals surface area contributed by atoms with Crippen molar-refractivity contribution in [3.8, 4) is 22.3 Å². The maximum absolute atomic E-state index is 13.4. The van der Waals surface area contributed by atoms with E-state index in [0.29, 0.717) is 31.6 Å². The van der Waals surface area contributed by atoms with Crippen molar-refractivity contribution in [1.82, 2.24) is 15.2 Å². The summed E-state index contributed by atoms with van der Waals surface area (Å²) in [7, 11) is 1.42. The van der Waals surface area contributed by atoms with Crippen LogP contribution in [0.1, 0.15) is 83.8 Å². The topological polar surface area (TPSA) is 130 Å². The summed E-state index contributed by atoms with van der Waals surface area (Å²) in [6.07, 6.45) is 5.34. The fourth-order valence-corrected chi connectivity index (χ4v) is 8.05. The summed E-state index contributed by atoms with van der Waals surface area (Å²) in [6.45, 7) is 7.73. The van der Waals surface area contributed by atoms with E-state index in [-0.39, 0.29) is 24.0 Å². The molecular weight excluding hydrogens is 681 g/mol. The van der Waals surface area contributed by atoms with Gasteiger partial charge in [0.15, 0.2) is 0 Å². The first-order chi connectivity index (χ1) is 25.7. The first-order valence-electron chi connectivity index (χ1n) is 18.8. The molecule has 1 heterocycles. The summed E-state index contributed by atoms with van der Waals surface area (Å²) >= 11 is 0. The van der Waals surface area contributed by atoms with Crippen molar-refractivity contribution in [1.29, 1.82) is 0 Å². The van der Waals surface area contributed by atoms with Crippen LogP contribution in [0.5, 0.6) is 0 Å². The third kappa shape index (κ3) is 9.46. The van der Waals surface area contributed by atoms with Crippen LogP contribution in [0.2, 0.25) is 0 Å². The van der Waals surface area contributed by atoms with E-state index in [1.807, 2.05) is 117 Å². The number of benzene rings is 3. The molecule has 0 radical (unpaired) electrons. The minimum Gasteiger partial charge on any atom is -0.453 e. The number of anilines is 1. The molecule has 54 heavy (non-hydrogen) atoms. The average Bonchev–Trinajstić information content (AvgIpc) is 3.13. The number of aliphatic hydroxyl groups is 1. The number of amides is 3. The fraction of sp³-hybridized carbons (Fsp3) is 0.409. The lowest BCUT2D eigenvalue weighted by atomic mass is 9.62. The minimum atomic E-state index is -0.897. The first-order valence-corrected chi connectivity index (χ1v) is 18.8. The van der Waals surface area contributed by atoms with Crippen molar-refractivity contribution in [2.45, 2.75) is 102 Å². The van der Waals surface area contributed by atoms with Crippen LogP contribution >= 0.6 is 0 Å². The highest BCUT2D eigenvalue weighted by molar-refractivity contribution is 5.92. The lowest BCUT2D eigenvalue weighted by Gasteiger charge is -2.52. The summed E-state index contributed by atoms with van der Waals surface area (Å²) in [5.74, 6) is 0.594. The monoisotopic (exact) mass is 732 g/mol. The number of nitrogens with one attached hydrogen (secondary N) is 2. The van der Waals surface area contributed by atoms with E-state index >= 15 is 0 Å². The molecule has 1 aromatic heterocycles. The Balaban J connectivity index is 1.14. The lowest BCUT2D eigenvalue weighted by molar-refractivity contribution is -0.117. The van der Waals surface area contributed by atoms with Crippen LogP contribution in [0, 0.1) is 5.92 Å². The zero-order valence-corrected chi connectivity index (χ0v) is 31.9. The van der Waals surface area contributed by atoms with Crippen LogP contribution in [0.3, 0.4) is 0 Å². The second-order valence-electron chi connectivity index (χ2n) is 16.1. The molecule has 0 saturated heterocycles. The molecule has 10 heteroatoms. The molecule has 2 aliphatic carbocycles. The van der Waals surface area contributed by atoms with Crippen LogP contribution in [0.25, 0.3) is 22.3 Å². The van der Waals surface area contributed by atoms with Gasteiger partial charge in [-0.05, 0) is 93.2 Å². The Bertz CT molecular complexity index is 1910. The lowest BCUT2D eigenvalue weighted by Crippen LogP contribution is -2.62. The number of hydrogen-bond donors (Lipinski definition) is 3. The summed E-state index contributed by atoms with van der Waals surface area (Å²) in [5, 5.41) is 16.8. The number of carbonyl (C=O) groups excluding carboxylic acids is 3. The van der Waals surface area contributed by atoms with Crippen LogP contribution in [-0.2, 0) is 26.4 Å². The van der Waals surface area contributed by atoms with Gasteiger partial charge in [-0.1, -0.05) is 84.9 Å². The molecule has 0 bridgehead atoms. The number of methoxy groups -OCH3 is 1. The van der Waals surface area contributed by atoms with Gasteiger partial charge >= 0.3 is 12.2 Å². The van der Waals surface area contributed by atoms with E-state index in [9.17, 15) is 19.5 Å². The summed E-state index contributed by atoms with van der Waals surface area (Å²) in [6, 6.07) is 29.8. The Labute approximate surface area is 318 Å². The largest absolute Gasteiger partial charge is 0.453 e. The van der Waals surface area contributed by atoms with E-state index in [2.05, 4.69) is 15.6 Å². The molecule has 2 fully saturated rings. The third-order valence-electron chi connectivity index (χ3n) is 10.4. The summed E-state index contributed by atoms with van der Waals surface area (Å²) < 4.78 is 10.7. The standard InChI is InChI=1S/C44H52N4O6/c1-42(2,3)54-40(50)47-44(28-43(4,52)29-44)34-20-18-33(19-21-34)37-26-45-38(25-36(37)32-14-10-7-11-15-32)46-39(49)24-30-16-22-35(23-17-30)48(41(51)53-5)27-31-12-8-6-9-13-31/h6-15,18-21,25-26,30,35,52H,16-17,22-24,27-29H2,1-5H3,(H,47,50)(H,45,46,49). The van der Waals surface area contributed by atoms with Gasteiger partial charge in [-0.25, -0.2) is 14.6 Å². The molecule has 4 aromatic rings. The zero-order valence-electron chi connectivity index (χ0n) is 31.9. The molecule has 0 spiro atoms. The predicted octanol–water partition coefficient (Wildman–Crippen LogP) is 8.84. The molecule has 284 valence electrons. The quantitative estimate of drug-likeness (QED) is 0.149. The minimum absolute atomic E-state index is 0.0593. The molecule has 3 aromatic carbocycles. The molecule has 6 rings (SSSR count). The van der Waals surface area contributed by atoms with Crippen molar-refractivity contribution in [3.63, 3.8) is 0 Å². The molecule has 10 nitrogen and oxygen atoms in total. The van der Waals surface area contributed by atoms with Gasteiger partial charge in [-0.15, -0.1) is 0 Å². The average molecular weight is 733 g/mol. The van der Waals surface area contributed by atoms with Gasteiger partial charge in [0, 0.05) is 43.6 Å². The Morgan fingerprint density at radius 3 is 2.07 bits per heavy atom. The number of hydrogen-bond acceptors (Lipinski definition) is 7. The second-order valence-corrected chi connectivity index (χ2v) is 16.1. The SMILES string of the molecule is COC(=O)N(Cc1ccccc1)C1CCC(CC(=O)Nc2cc(-c3ccccc3)c(-c3ccc(C4(NC(=O)OC(C)(C)C)CC(C)(O)C4)cc3)cn2)CC1. The zero-order chi connectivity index (χ0) is 38.5. The Morgan fingerprint density at radius 1 is 0.870 bits per heavy atom. The number of rotatable bonds is 10. The Hall–Kier alpha value is -5.22. The molecule has 0 aliphatic heterocycles. The summed E-state index contributed by atoms with van der Waals surface area (Å²) in [4.78, 5) is 45.4. The van der Waals surface area contributed by atoms with Crippen molar-refractivity contribution >= 4 is 23.9 Å². The molecule has 3 amide bonds.